The Bertz CT molecular complexity index is 359. The molecule has 4 heteroatoms. The van der Waals surface area contributed by atoms with Crippen molar-refractivity contribution in [3.8, 4) is 0 Å². The summed E-state index contributed by atoms with van der Waals surface area (Å²) in [6, 6.07) is 4.11. The number of fused-ring (bicyclic) bond motifs is 1. The molecule has 0 aromatic carbocycles. The molecule has 0 aliphatic carbocycles. The zero-order valence-corrected chi connectivity index (χ0v) is 9.86. The molecule has 4 nitrogen and oxygen atoms in total. The maximum absolute atomic E-state index is 4.44. The molecule has 1 N–H and O–H groups in total. The van der Waals surface area contributed by atoms with Crippen molar-refractivity contribution >= 4 is 11.5 Å². The predicted molar refractivity (Wildman–Crippen MR) is 63.2 cm³/mol. The van der Waals surface area contributed by atoms with Crippen molar-refractivity contribution < 1.29 is 0 Å². The van der Waals surface area contributed by atoms with Gasteiger partial charge in [0.05, 0.1) is 14.1 Å². The van der Waals surface area contributed by atoms with Crippen LogP contribution >= 0.6 is 0 Å². The first-order chi connectivity index (χ1) is 7.00. The van der Waals surface area contributed by atoms with Crippen molar-refractivity contribution in [2.24, 2.45) is 5.92 Å². The Labute approximate surface area is 91.1 Å². The van der Waals surface area contributed by atoms with Gasteiger partial charge in [-0.2, -0.15) is 4.59 Å². The van der Waals surface area contributed by atoms with E-state index in [1.165, 1.54) is 5.69 Å². The summed E-state index contributed by atoms with van der Waals surface area (Å²) in [7, 11) is 4.25. The van der Waals surface area contributed by atoms with Gasteiger partial charge in [-0.25, -0.2) is 9.99 Å². The first-order valence-electron chi connectivity index (χ1n) is 5.36. The van der Waals surface area contributed by atoms with E-state index in [1.54, 1.807) is 0 Å². The van der Waals surface area contributed by atoms with Gasteiger partial charge in [0.15, 0.2) is 5.69 Å². The third kappa shape index (κ3) is 1.82. The van der Waals surface area contributed by atoms with E-state index in [0.717, 1.165) is 12.4 Å². The molecule has 1 aromatic heterocycles. The first-order valence-corrected chi connectivity index (χ1v) is 5.36. The van der Waals surface area contributed by atoms with Gasteiger partial charge >= 0.3 is 0 Å². The van der Waals surface area contributed by atoms with Gasteiger partial charge < -0.3 is 0 Å². The van der Waals surface area contributed by atoms with E-state index in [9.17, 15) is 0 Å². The van der Waals surface area contributed by atoms with Crippen LogP contribution in [0.3, 0.4) is 0 Å². The average Bonchev–Trinajstić information content (AvgIpc) is 2.39. The van der Waals surface area contributed by atoms with Crippen molar-refractivity contribution in [2.45, 2.75) is 13.8 Å². The molecular formula is C11H19N4+. The van der Waals surface area contributed by atoms with Crippen LogP contribution in [-0.2, 0) is 0 Å². The molecule has 0 atom stereocenters. The fraction of sp³-hybridized carbons (Fsp3) is 0.545. The molecular weight excluding hydrogens is 188 g/mol. The Morgan fingerprint density at radius 1 is 1.47 bits per heavy atom. The van der Waals surface area contributed by atoms with Crippen molar-refractivity contribution in [3.63, 3.8) is 0 Å². The second-order valence-electron chi connectivity index (χ2n) is 4.90. The van der Waals surface area contributed by atoms with E-state index < -0.39 is 0 Å². The van der Waals surface area contributed by atoms with E-state index in [2.05, 4.69) is 49.5 Å². The lowest BCUT2D eigenvalue weighted by Crippen LogP contribution is -2.56. The molecule has 82 valence electrons. The highest BCUT2D eigenvalue weighted by molar-refractivity contribution is 5.66. The number of rotatable bonds is 2. The largest absolute Gasteiger partial charge is 0.242 e. The Kier molecular flexibility index (Phi) is 2.40. The van der Waals surface area contributed by atoms with Crippen molar-refractivity contribution in [1.29, 1.82) is 0 Å². The van der Waals surface area contributed by atoms with Crippen molar-refractivity contribution in [3.05, 3.63) is 18.3 Å². The number of anilines is 1. The fourth-order valence-electron chi connectivity index (χ4n) is 1.93. The standard InChI is InChI=1S/C11H19N4/c1-9(2)8-14-11-10(6-5-7-12-11)15(3,4)13-14/h5-7,9,13H,8H2,1-4H3/q+1. The predicted octanol–water partition coefficient (Wildman–Crippen LogP) is 1.54. The van der Waals surface area contributed by atoms with Crippen LogP contribution in [0, 0.1) is 5.92 Å². The molecule has 2 heterocycles. The summed E-state index contributed by atoms with van der Waals surface area (Å²) >= 11 is 0. The van der Waals surface area contributed by atoms with Crippen LogP contribution in [0.1, 0.15) is 13.8 Å². The number of nitrogens with one attached hydrogen (secondary N) is 1. The topological polar surface area (TPSA) is 28.2 Å². The van der Waals surface area contributed by atoms with Crippen molar-refractivity contribution in [2.75, 3.05) is 25.6 Å². The van der Waals surface area contributed by atoms with Crippen LogP contribution in [-0.4, -0.2) is 25.6 Å². The molecule has 0 radical (unpaired) electrons. The highest BCUT2D eigenvalue weighted by atomic mass is 15.9. The zero-order chi connectivity index (χ0) is 11.1. The van der Waals surface area contributed by atoms with E-state index in [1.807, 2.05) is 12.3 Å². The number of pyridine rings is 1. The molecule has 0 amide bonds. The Balaban J connectivity index is 2.34. The van der Waals surface area contributed by atoms with Gasteiger partial charge in [0.1, 0.15) is 0 Å². The summed E-state index contributed by atoms with van der Waals surface area (Å²) in [5.74, 6) is 1.67. The summed E-state index contributed by atoms with van der Waals surface area (Å²) in [6.07, 6.45) is 1.85. The van der Waals surface area contributed by atoms with Crippen LogP contribution in [0.25, 0.3) is 0 Å². The smallest absolute Gasteiger partial charge is 0.211 e. The minimum Gasteiger partial charge on any atom is -0.242 e. The van der Waals surface area contributed by atoms with Gasteiger partial charge in [0.2, 0.25) is 5.82 Å². The Morgan fingerprint density at radius 2 is 2.20 bits per heavy atom. The first kappa shape index (κ1) is 10.4. The monoisotopic (exact) mass is 207 g/mol. The molecule has 0 spiro atoms. The van der Waals surface area contributed by atoms with Crippen LogP contribution < -0.4 is 15.1 Å². The summed E-state index contributed by atoms with van der Waals surface area (Å²) in [5.41, 5.74) is 4.66. The molecule has 0 bridgehead atoms. The van der Waals surface area contributed by atoms with Gasteiger partial charge in [0.25, 0.3) is 0 Å². The third-order valence-corrected chi connectivity index (χ3v) is 2.54. The lowest BCUT2D eigenvalue weighted by molar-refractivity contribution is 0.294. The van der Waals surface area contributed by atoms with Gasteiger partial charge in [-0.05, 0) is 12.0 Å². The fourth-order valence-corrected chi connectivity index (χ4v) is 1.93. The second-order valence-corrected chi connectivity index (χ2v) is 4.90. The second kappa shape index (κ2) is 3.47. The van der Waals surface area contributed by atoms with Gasteiger partial charge in [-0.1, -0.05) is 19.4 Å². The van der Waals surface area contributed by atoms with E-state index in [0.29, 0.717) is 10.5 Å². The van der Waals surface area contributed by atoms with Crippen LogP contribution in [0.4, 0.5) is 11.5 Å². The highest BCUT2D eigenvalue weighted by Gasteiger charge is 2.36. The number of hydrogen-bond acceptors (Lipinski definition) is 3. The molecule has 0 unspecified atom stereocenters. The quantitative estimate of drug-likeness (QED) is 0.746. The van der Waals surface area contributed by atoms with Gasteiger partial charge in [-0.15, -0.1) is 0 Å². The SMILES string of the molecule is CC(C)CN1N[N+](C)(C)c2cccnc21. The molecule has 0 saturated carbocycles. The van der Waals surface area contributed by atoms with Crippen LogP contribution in [0.5, 0.6) is 0 Å². The van der Waals surface area contributed by atoms with E-state index in [4.69, 9.17) is 0 Å². The van der Waals surface area contributed by atoms with Gasteiger partial charge in [0, 0.05) is 18.8 Å². The molecule has 1 aliphatic rings. The van der Waals surface area contributed by atoms with Crippen LogP contribution in [0.15, 0.2) is 18.3 Å². The number of quaternary nitrogens is 1. The molecule has 2 rings (SSSR count). The number of aromatic nitrogens is 1. The summed E-state index contributed by atoms with van der Waals surface area (Å²) < 4.78 is 0.663. The molecule has 0 saturated heterocycles. The minimum atomic E-state index is 0.616. The Morgan fingerprint density at radius 3 is 2.87 bits per heavy atom. The van der Waals surface area contributed by atoms with Gasteiger partial charge in [-0.3, -0.25) is 0 Å². The maximum Gasteiger partial charge on any atom is 0.211 e. The molecule has 15 heavy (non-hydrogen) atoms. The number of hydrazine groups is 1. The summed E-state index contributed by atoms with van der Waals surface area (Å²) in [5, 5.41) is 2.14. The molecule has 0 fully saturated rings. The van der Waals surface area contributed by atoms with E-state index in [-0.39, 0.29) is 0 Å². The number of hydrogen-bond donors (Lipinski definition) is 1. The lowest BCUT2D eigenvalue weighted by atomic mass is 10.2. The minimum absolute atomic E-state index is 0.616. The molecule has 1 aliphatic heterocycles. The molecule has 1 aromatic rings. The highest BCUT2D eigenvalue weighted by Crippen LogP contribution is 2.33. The lowest BCUT2D eigenvalue weighted by Gasteiger charge is -2.25. The third-order valence-electron chi connectivity index (χ3n) is 2.54. The Hall–Kier alpha value is -1.13. The zero-order valence-electron chi connectivity index (χ0n) is 9.86. The maximum atomic E-state index is 4.44. The normalized spacial score (nSPS) is 18.3. The van der Waals surface area contributed by atoms with Crippen LogP contribution in [0.2, 0.25) is 0 Å². The van der Waals surface area contributed by atoms with E-state index >= 15 is 0 Å². The average molecular weight is 207 g/mol. The summed E-state index contributed by atoms with van der Waals surface area (Å²) in [6.45, 7) is 5.40. The number of nitrogens with zero attached hydrogens (tertiary/aromatic N) is 3. The van der Waals surface area contributed by atoms with Crippen molar-refractivity contribution in [1.82, 2.24) is 15.1 Å². The summed E-state index contributed by atoms with van der Waals surface area (Å²) in [4.78, 5) is 4.44.